The maximum atomic E-state index is 12.3. The van der Waals surface area contributed by atoms with Gasteiger partial charge in [0.1, 0.15) is 12.2 Å². The zero-order chi connectivity index (χ0) is 19.9. The van der Waals surface area contributed by atoms with Crippen LogP contribution < -0.4 is 0 Å². The van der Waals surface area contributed by atoms with Crippen LogP contribution >= 0.6 is 0 Å². The van der Waals surface area contributed by atoms with Crippen LogP contribution in [-0.4, -0.2) is 24.1 Å². The lowest BCUT2D eigenvalue weighted by molar-refractivity contribution is -0.149. The number of carbonyl (C=O) groups is 2. The average Bonchev–Trinajstić information content (AvgIpc) is 2.56. The molecule has 4 heteroatoms. The first kappa shape index (κ1) is 22.2. The summed E-state index contributed by atoms with van der Waals surface area (Å²) < 4.78 is 11.4. The van der Waals surface area contributed by atoms with Gasteiger partial charge < -0.3 is 9.47 Å². The molecule has 0 bridgehead atoms. The van der Waals surface area contributed by atoms with E-state index in [0.29, 0.717) is 12.0 Å². The van der Waals surface area contributed by atoms with Crippen LogP contribution in [0.15, 0.2) is 34.9 Å². The third-order valence-corrected chi connectivity index (χ3v) is 5.06. The highest BCUT2D eigenvalue weighted by atomic mass is 16.5. The van der Waals surface area contributed by atoms with Crippen molar-refractivity contribution in [3.8, 4) is 0 Å². The normalized spacial score (nSPS) is 26.7. The van der Waals surface area contributed by atoms with Crippen LogP contribution in [-0.2, 0) is 19.1 Å². The van der Waals surface area contributed by atoms with Crippen LogP contribution in [0.5, 0.6) is 0 Å². The highest BCUT2D eigenvalue weighted by Gasteiger charge is 2.31. The van der Waals surface area contributed by atoms with E-state index in [1.54, 1.807) is 13.0 Å². The molecule has 0 N–H and O–H groups in total. The van der Waals surface area contributed by atoms with Crippen molar-refractivity contribution < 1.29 is 19.1 Å². The average molecular weight is 363 g/mol. The standard InChI is InChI=1S/C22H34O4/c1-8-16(3)21(24)26-19-12-11-15(2)10-9-13-22(6,7)20(14-17(19)4)25-18(5)23/h8,11,14,19-20H,9-10,12-13H2,1-7H3/b15-11?,16-8-,17-14-/t19-,20+/m1/s1. The van der Waals surface area contributed by atoms with E-state index in [0.717, 1.165) is 24.8 Å². The van der Waals surface area contributed by atoms with Gasteiger partial charge in [0.2, 0.25) is 0 Å². The van der Waals surface area contributed by atoms with Gasteiger partial charge in [-0.25, -0.2) is 4.79 Å². The van der Waals surface area contributed by atoms with Crippen LogP contribution in [0, 0.1) is 5.41 Å². The molecule has 2 atom stereocenters. The van der Waals surface area contributed by atoms with Crippen molar-refractivity contribution in [3.05, 3.63) is 34.9 Å². The number of allylic oxidation sites excluding steroid dienone is 2. The second-order valence-corrected chi connectivity index (χ2v) is 7.93. The molecular formula is C22H34O4. The smallest absolute Gasteiger partial charge is 0.333 e. The van der Waals surface area contributed by atoms with E-state index >= 15 is 0 Å². The van der Waals surface area contributed by atoms with Gasteiger partial charge in [-0.15, -0.1) is 0 Å². The molecule has 0 aliphatic heterocycles. The van der Waals surface area contributed by atoms with Crippen LogP contribution in [0.3, 0.4) is 0 Å². The van der Waals surface area contributed by atoms with E-state index in [4.69, 9.17) is 9.47 Å². The predicted octanol–water partition coefficient (Wildman–Crippen LogP) is 5.29. The van der Waals surface area contributed by atoms with Crippen molar-refractivity contribution in [2.75, 3.05) is 0 Å². The molecule has 0 aromatic heterocycles. The summed E-state index contributed by atoms with van der Waals surface area (Å²) in [7, 11) is 0. The number of carbonyl (C=O) groups excluding carboxylic acids is 2. The predicted molar refractivity (Wildman–Crippen MR) is 105 cm³/mol. The van der Waals surface area contributed by atoms with Gasteiger partial charge in [-0.05, 0) is 58.6 Å². The van der Waals surface area contributed by atoms with E-state index in [1.165, 1.54) is 12.5 Å². The fraction of sp³-hybridized carbons (Fsp3) is 0.636. The SMILES string of the molecule is C/C=C(/C)C(=O)O[C@@H]1CC=C(C)CCCC(C)(C)[C@@H](OC(C)=O)/C=C\1C. The van der Waals surface area contributed by atoms with E-state index in [-0.39, 0.29) is 29.6 Å². The summed E-state index contributed by atoms with van der Waals surface area (Å²) in [5.74, 6) is -0.607. The molecule has 1 aliphatic rings. The fourth-order valence-electron chi connectivity index (χ4n) is 2.99. The maximum Gasteiger partial charge on any atom is 0.333 e. The Bertz CT molecular complexity index is 608. The number of ether oxygens (including phenoxy) is 2. The Morgan fingerprint density at radius 3 is 2.42 bits per heavy atom. The first-order chi connectivity index (χ1) is 12.1. The van der Waals surface area contributed by atoms with Gasteiger partial charge in [-0.1, -0.05) is 31.6 Å². The van der Waals surface area contributed by atoms with E-state index in [2.05, 4.69) is 26.8 Å². The van der Waals surface area contributed by atoms with Gasteiger partial charge >= 0.3 is 11.9 Å². The molecule has 0 aromatic carbocycles. The second-order valence-electron chi connectivity index (χ2n) is 7.93. The van der Waals surface area contributed by atoms with Gasteiger partial charge in [-0.3, -0.25) is 4.79 Å². The van der Waals surface area contributed by atoms with Crippen LogP contribution in [0.2, 0.25) is 0 Å². The zero-order valence-electron chi connectivity index (χ0n) is 17.3. The maximum absolute atomic E-state index is 12.3. The number of esters is 2. The van der Waals surface area contributed by atoms with Crippen LogP contribution in [0.25, 0.3) is 0 Å². The monoisotopic (exact) mass is 362 g/mol. The van der Waals surface area contributed by atoms with Gasteiger partial charge in [0, 0.05) is 24.3 Å². The Morgan fingerprint density at radius 2 is 1.85 bits per heavy atom. The molecule has 1 aliphatic carbocycles. The third kappa shape index (κ3) is 6.81. The highest BCUT2D eigenvalue weighted by molar-refractivity contribution is 5.87. The molecule has 0 saturated carbocycles. The Balaban J connectivity index is 3.23. The van der Waals surface area contributed by atoms with Crippen molar-refractivity contribution in [2.24, 2.45) is 5.41 Å². The van der Waals surface area contributed by atoms with E-state index in [9.17, 15) is 9.59 Å². The van der Waals surface area contributed by atoms with Gasteiger partial charge in [0.15, 0.2) is 0 Å². The lowest BCUT2D eigenvalue weighted by atomic mass is 9.80. The molecule has 0 amide bonds. The van der Waals surface area contributed by atoms with Crippen LogP contribution in [0.4, 0.5) is 0 Å². The van der Waals surface area contributed by atoms with Crippen molar-refractivity contribution in [3.63, 3.8) is 0 Å². The van der Waals surface area contributed by atoms with Gasteiger partial charge in [0.05, 0.1) is 0 Å². The van der Waals surface area contributed by atoms with Crippen molar-refractivity contribution in [2.45, 2.75) is 86.4 Å². The molecule has 0 heterocycles. The lowest BCUT2D eigenvalue weighted by Gasteiger charge is -2.32. The number of rotatable bonds is 3. The van der Waals surface area contributed by atoms with Crippen molar-refractivity contribution in [1.29, 1.82) is 0 Å². The molecule has 4 nitrogen and oxygen atoms in total. The van der Waals surface area contributed by atoms with Crippen molar-refractivity contribution in [1.82, 2.24) is 0 Å². The zero-order valence-corrected chi connectivity index (χ0v) is 17.3. The molecule has 26 heavy (non-hydrogen) atoms. The summed E-state index contributed by atoms with van der Waals surface area (Å²) in [4.78, 5) is 23.9. The quantitative estimate of drug-likeness (QED) is 0.389. The fourth-order valence-corrected chi connectivity index (χ4v) is 2.99. The molecule has 0 saturated heterocycles. The van der Waals surface area contributed by atoms with E-state index < -0.39 is 0 Å². The summed E-state index contributed by atoms with van der Waals surface area (Å²) in [6.45, 7) is 13.3. The molecule has 146 valence electrons. The summed E-state index contributed by atoms with van der Waals surface area (Å²) in [6.07, 6.45) is 8.75. The highest BCUT2D eigenvalue weighted by Crippen LogP contribution is 2.33. The second kappa shape index (κ2) is 9.75. The largest absolute Gasteiger partial charge is 0.458 e. The Hall–Kier alpha value is -1.84. The summed E-state index contributed by atoms with van der Waals surface area (Å²) in [5.41, 5.74) is 2.60. The summed E-state index contributed by atoms with van der Waals surface area (Å²) >= 11 is 0. The molecule has 0 spiro atoms. The molecule has 1 rings (SSSR count). The van der Waals surface area contributed by atoms with Gasteiger partial charge in [-0.2, -0.15) is 0 Å². The van der Waals surface area contributed by atoms with Crippen molar-refractivity contribution >= 4 is 11.9 Å². The minimum absolute atomic E-state index is 0.189. The molecular weight excluding hydrogens is 328 g/mol. The number of hydrogen-bond acceptors (Lipinski definition) is 4. The Kier molecular flexibility index (Phi) is 8.32. The topological polar surface area (TPSA) is 52.6 Å². The van der Waals surface area contributed by atoms with E-state index in [1.807, 2.05) is 19.9 Å². The summed E-state index contributed by atoms with van der Waals surface area (Å²) in [6, 6.07) is 0. The number of hydrogen-bond donors (Lipinski definition) is 0. The Labute approximate surface area is 158 Å². The summed E-state index contributed by atoms with van der Waals surface area (Å²) in [5, 5.41) is 0. The van der Waals surface area contributed by atoms with Crippen LogP contribution in [0.1, 0.15) is 74.1 Å². The molecule has 0 fully saturated rings. The molecule has 0 radical (unpaired) electrons. The molecule has 0 aromatic rings. The molecule has 0 unspecified atom stereocenters. The first-order valence-corrected chi connectivity index (χ1v) is 9.42. The lowest BCUT2D eigenvalue weighted by Crippen LogP contribution is -2.33. The minimum atomic E-state index is -0.362. The van der Waals surface area contributed by atoms with Gasteiger partial charge in [0.25, 0.3) is 0 Å². The first-order valence-electron chi connectivity index (χ1n) is 9.42. The third-order valence-electron chi connectivity index (χ3n) is 5.06. The minimum Gasteiger partial charge on any atom is -0.458 e. The Morgan fingerprint density at radius 1 is 1.19 bits per heavy atom.